The predicted molar refractivity (Wildman–Crippen MR) is 135 cm³/mol. The molecular formula is C26H26BrN5O2. The van der Waals surface area contributed by atoms with Gasteiger partial charge in [-0.3, -0.25) is 4.79 Å². The first-order valence-electron chi connectivity index (χ1n) is 11.4. The number of anilines is 1. The number of fused-ring (bicyclic) bond motifs is 1. The zero-order valence-corrected chi connectivity index (χ0v) is 20.5. The molecule has 7 nitrogen and oxygen atoms in total. The number of carbonyl (C=O) groups is 1. The number of piperidine rings is 1. The summed E-state index contributed by atoms with van der Waals surface area (Å²) in [6.07, 6.45) is 5.14. The molecule has 1 N–H and O–H groups in total. The van der Waals surface area contributed by atoms with Gasteiger partial charge in [0.15, 0.2) is 5.65 Å². The highest BCUT2D eigenvalue weighted by Crippen LogP contribution is 2.35. The standard InChI is InChI=1S/C26H26BrN5O2/c1-34-23-10-6-5-9-20(23)19-11-13-31(14-12-19)26(33)21-16-29-25-22(27)17-30-32(25)24(21)28-15-18-7-3-2-4-8-18/h2-10,16-17,19,28H,11-15H2,1H3. The summed E-state index contributed by atoms with van der Waals surface area (Å²) in [4.78, 5) is 20.0. The van der Waals surface area contributed by atoms with Gasteiger partial charge in [-0.05, 0) is 51.9 Å². The number of hydrogen-bond acceptors (Lipinski definition) is 5. The van der Waals surface area contributed by atoms with Gasteiger partial charge in [0, 0.05) is 25.8 Å². The van der Waals surface area contributed by atoms with Gasteiger partial charge in [0.1, 0.15) is 17.1 Å². The van der Waals surface area contributed by atoms with Crippen molar-refractivity contribution in [2.45, 2.75) is 25.3 Å². The van der Waals surface area contributed by atoms with Crippen molar-refractivity contribution in [1.82, 2.24) is 19.5 Å². The molecule has 0 aliphatic carbocycles. The number of carbonyl (C=O) groups excluding carboxylic acids is 1. The number of rotatable bonds is 6. The molecule has 0 unspecified atom stereocenters. The molecule has 0 bridgehead atoms. The molecule has 0 radical (unpaired) electrons. The summed E-state index contributed by atoms with van der Waals surface area (Å²) in [5, 5.41) is 7.88. The van der Waals surface area contributed by atoms with Crippen LogP contribution in [0.5, 0.6) is 5.75 Å². The van der Waals surface area contributed by atoms with E-state index >= 15 is 0 Å². The molecule has 3 heterocycles. The first-order valence-corrected chi connectivity index (χ1v) is 12.2. The van der Waals surface area contributed by atoms with Crippen LogP contribution in [0.2, 0.25) is 0 Å². The van der Waals surface area contributed by atoms with Crippen molar-refractivity contribution in [3.8, 4) is 5.75 Å². The van der Waals surface area contributed by atoms with E-state index in [4.69, 9.17) is 4.74 Å². The third-order valence-corrected chi connectivity index (χ3v) is 6.94. The molecule has 1 amide bonds. The molecule has 2 aromatic carbocycles. The predicted octanol–water partition coefficient (Wildman–Crippen LogP) is 5.13. The number of nitrogens with one attached hydrogen (secondary N) is 1. The number of aromatic nitrogens is 3. The van der Waals surface area contributed by atoms with Gasteiger partial charge in [-0.25, -0.2) is 4.98 Å². The van der Waals surface area contributed by atoms with Crippen LogP contribution in [0.3, 0.4) is 0 Å². The molecule has 5 rings (SSSR count). The lowest BCUT2D eigenvalue weighted by molar-refractivity contribution is 0.0712. The Morgan fingerprint density at radius 2 is 1.82 bits per heavy atom. The zero-order chi connectivity index (χ0) is 23.5. The minimum atomic E-state index is -0.0324. The zero-order valence-electron chi connectivity index (χ0n) is 18.9. The topological polar surface area (TPSA) is 71.8 Å². The van der Waals surface area contributed by atoms with Gasteiger partial charge in [-0.15, -0.1) is 0 Å². The van der Waals surface area contributed by atoms with Gasteiger partial charge in [-0.2, -0.15) is 9.61 Å². The maximum atomic E-state index is 13.6. The van der Waals surface area contributed by atoms with Gasteiger partial charge >= 0.3 is 0 Å². The Balaban J connectivity index is 1.38. The van der Waals surface area contributed by atoms with Crippen LogP contribution in [-0.4, -0.2) is 45.6 Å². The average molecular weight is 520 g/mol. The number of para-hydroxylation sites is 1. The number of nitrogens with zero attached hydrogens (tertiary/aromatic N) is 4. The van der Waals surface area contributed by atoms with Gasteiger partial charge in [0.25, 0.3) is 5.91 Å². The molecule has 1 saturated heterocycles. The monoisotopic (exact) mass is 519 g/mol. The number of ether oxygens (including phenoxy) is 1. The van der Waals surface area contributed by atoms with Crippen molar-refractivity contribution in [2.24, 2.45) is 0 Å². The number of amides is 1. The Bertz CT molecular complexity index is 1300. The van der Waals surface area contributed by atoms with Gasteiger partial charge in [-0.1, -0.05) is 48.5 Å². The molecule has 4 aromatic rings. The number of benzene rings is 2. The van der Waals surface area contributed by atoms with Gasteiger partial charge in [0.05, 0.1) is 17.8 Å². The van der Waals surface area contributed by atoms with Crippen LogP contribution in [-0.2, 0) is 6.54 Å². The van der Waals surface area contributed by atoms with E-state index < -0.39 is 0 Å². The molecule has 1 aliphatic heterocycles. The third-order valence-electron chi connectivity index (χ3n) is 6.38. The molecule has 1 aliphatic rings. The minimum absolute atomic E-state index is 0.0324. The Kier molecular flexibility index (Phi) is 6.49. The van der Waals surface area contributed by atoms with E-state index in [2.05, 4.69) is 49.5 Å². The summed E-state index contributed by atoms with van der Waals surface area (Å²) in [5.41, 5.74) is 3.53. The fraction of sp³-hybridized carbons (Fsp3) is 0.269. The lowest BCUT2D eigenvalue weighted by Crippen LogP contribution is -2.38. The normalized spacial score (nSPS) is 14.4. The summed E-state index contributed by atoms with van der Waals surface area (Å²) in [7, 11) is 1.71. The molecule has 8 heteroatoms. The minimum Gasteiger partial charge on any atom is -0.496 e. The first-order chi connectivity index (χ1) is 16.7. The third kappa shape index (κ3) is 4.37. The molecule has 1 fully saturated rings. The fourth-order valence-corrected chi connectivity index (χ4v) is 4.94. The van der Waals surface area contributed by atoms with Crippen LogP contribution >= 0.6 is 15.9 Å². The van der Waals surface area contributed by atoms with E-state index in [1.165, 1.54) is 5.56 Å². The largest absolute Gasteiger partial charge is 0.496 e. The quantitative estimate of drug-likeness (QED) is 0.382. The van der Waals surface area contributed by atoms with E-state index in [-0.39, 0.29) is 5.91 Å². The van der Waals surface area contributed by atoms with Crippen molar-refractivity contribution < 1.29 is 9.53 Å². The van der Waals surface area contributed by atoms with E-state index in [0.717, 1.165) is 28.6 Å². The van der Waals surface area contributed by atoms with Gasteiger partial charge < -0.3 is 15.0 Å². The summed E-state index contributed by atoms with van der Waals surface area (Å²) in [6, 6.07) is 18.3. The molecular weight excluding hydrogens is 494 g/mol. The lowest BCUT2D eigenvalue weighted by Gasteiger charge is -2.33. The second kappa shape index (κ2) is 9.85. The number of halogens is 1. The number of likely N-dealkylation sites (tertiary alicyclic amines) is 1. The highest BCUT2D eigenvalue weighted by atomic mass is 79.9. The van der Waals surface area contributed by atoms with E-state index in [0.29, 0.717) is 42.6 Å². The second-order valence-corrected chi connectivity index (χ2v) is 9.25. The van der Waals surface area contributed by atoms with Crippen molar-refractivity contribution in [2.75, 3.05) is 25.5 Å². The summed E-state index contributed by atoms with van der Waals surface area (Å²) in [5.74, 6) is 1.91. The average Bonchev–Trinajstić information content (AvgIpc) is 3.28. The SMILES string of the molecule is COc1ccccc1C1CCN(C(=O)c2cnc3c(Br)cnn3c2NCc2ccccc2)CC1. The highest BCUT2D eigenvalue weighted by molar-refractivity contribution is 9.10. The van der Waals surface area contributed by atoms with Crippen molar-refractivity contribution in [3.63, 3.8) is 0 Å². The molecule has 0 atom stereocenters. The molecule has 0 saturated carbocycles. The smallest absolute Gasteiger partial charge is 0.259 e. The molecule has 2 aromatic heterocycles. The lowest BCUT2D eigenvalue weighted by atomic mass is 9.88. The van der Waals surface area contributed by atoms with Crippen molar-refractivity contribution in [3.05, 3.63) is 88.2 Å². The van der Waals surface area contributed by atoms with E-state index in [9.17, 15) is 4.79 Å². The van der Waals surface area contributed by atoms with Crippen LogP contribution in [0.4, 0.5) is 5.82 Å². The first kappa shape index (κ1) is 22.4. The summed E-state index contributed by atoms with van der Waals surface area (Å²) in [6.45, 7) is 1.94. The fourth-order valence-electron chi connectivity index (χ4n) is 4.58. The maximum Gasteiger partial charge on any atom is 0.259 e. The summed E-state index contributed by atoms with van der Waals surface area (Å²) >= 11 is 3.50. The Morgan fingerprint density at radius 1 is 1.09 bits per heavy atom. The van der Waals surface area contributed by atoms with Gasteiger partial charge in [0.2, 0.25) is 0 Å². The Labute approximate surface area is 206 Å². The molecule has 174 valence electrons. The van der Waals surface area contributed by atoms with Crippen LogP contribution < -0.4 is 10.1 Å². The maximum absolute atomic E-state index is 13.6. The van der Waals surface area contributed by atoms with Crippen LogP contribution in [0.1, 0.15) is 40.2 Å². The Hall–Kier alpha value is -3.39. The van der Waals surface area contributed by atoms with Crippen LogP contribution in [0.15, 0.2) is 71.5 Å². The van der Waals surface area contributed by atoms with Crippen LogP contribution in [0.25, 0.3) is 5.65 Å². The molecule has 0 spiro atoms. The van der Waals surface area contributed by atoms with Crippen LogP contribution in [0, 0.1) is 0 Å². The second-order valence-electron chi connectivity index (χ2n) is 8.40. The van der Waals surface area contributed by atoms with E-state index in [1.807, 2.05) is 41.3 Å². The molecule has 34 heavy (non-hydrogen) atoms. The van der Waals surface area contributed by atoms with E-state index in [1.54, 1.807) is 24.0 Å². The number of methoxy groups -OCH3 is 1. The Morgan fingerprint density at radius 3 is 2.59 bits per heavy atom. The van der Waals surface area contributed by atoms with Crippen molar-refractivity contribution in [1.29, 1.82) is 0 Å². The van der Waals surface area contributed by atoms with Crippen molar-refractivity contribution >= 4 is 33.3 Å². The summed E-state index contributed by atoms with van der Waals surface area (Å²) < 4.78 is 8.03. The number of hydrogen-bond donors (Lipinski definition) is 1. The highest BCUT2D eigenvalue weighted by Gasteiger charge is 2.28.